The van der Waals surface area contributed by atoms with Gasteiger partial charge in [0, 0.05) is 0 Å². The number of alkyl halides is 1. The summed E-state index contributed by atoms with van der Waals surface area (Å²) < 4.78 is 42.4. The van der Waals surface area contributed by atoms with Gasteiger partial charge in [0.25, 0.3) is 10.1 Å². The molecule has 1 aliphatic heterocycles. The van der Waals surface area contributed by atoms with Crippen LogP contribution in [0.15, 0.2) is 29.2 Å². The molecule has 0 saturated carbocycles. The zero-order valence-electron chi connectivity index (χ0n) is 10.7. The Labute approximate surface area is 115 Å². The van der Waals surface area contributed by atoms with Gasteiger partial charge in [-0.25, -0.2) is 9.18 Å². The van der Waals surface area contributed by atoms with Crippen molar-refractivity contribution in [3.8, 4) is 0 Å². The first-order valence-corrected chi connectivity index (χ1v) is 7.32. The molecule has 6 nitrogen and oxygen atoms in total. The smallest absolute Gasteiger partial charge is 0.407 e. The van der Waals surface area contributed by atoms with E-state index < -0.39 is 28.5 Å². The van der Waals surface area contributed by atoms with E-state index in [1.165, 1.54) is 12.1 Å². The number of aryl methyl sites for hydroxylation is 1. The van der Waals surface area contributed by atoms with Crippen molar-refractivity contribution in [2.75, 3.05) is 13.1 Å². The van der Waals surface area contributed by atoms with E-state index in [4.69, 9.17) is 9.29 Å². The monoisotopic (exact) mass is 303 g/mol. The molecule has 1 saturated heterocycles. The lowest BCUT2D eigenvalue weighted by molar-refractivity contribution is 0.139. The van der Waals surface area contributed by atoms with Crippen molar-refractivity contribution >= 4 is 16.2 Å². The summed E-state index contributed by atoms with van der Waals surface area (Å²) in [6, 6.07) is 5.92. The van der Waals surface area contributed by atoms with Crippen LogP contribution in [0.5, 0.6) is 0 Å². The molecular formula is C12H14FNO5S. The summed E-state index contributed by atoms with van der Waals surface area (Å²) in [6.07, 6.45) is -4.27. The zero-order valence-corrected chi connectivity index (χ0v) is 11.5. The second-order valence-electron chi connectivity index (χ2n) is 4.61. The molecular weight excluding hydrogens is 289 g/mol. The van der Waals surface area contributed by atoms with Crippen LogP contribution in [0.4, 0.5) is 9.18 Å². The molecule has 2 rings (SSSR count). The van der Waals surface area contributed by atoms with Gasteiger partial charge >= 0.3 is 6.09 Å². The maximum Gasteiger partial charge on any atom is 0.407 e. The molecule has 1 aromatic carbocycles. The Bertz CT molecular complexity index is 601. The fourth-order valence-corrected chi connectivity index (χ4v) is 2.99. The van der Waals surface area contributed by atoms with Gasteiger partial charge in [-0.3, -0.25) is 4.18 Å². The minimum atomic E-state index is -4.10. The predicted octanol–water partition coefficient (Wildman–Crippen LogP) is 1.40. The number of likely N-dealkylation sites (tertiary alicyclic amines) is 1. The number of halogens is 1. The molecule has 1 N–H and O–H groups in total. The molecule has 1 heterocycles. The molecule has 0 radical (unpaired) electrons. The first kappa shape index (κ1) is 14.7. The Kier molecular flexibility index (Phi) is 3.96. The second-order valence-corrected chi connectivity index (χ2v) is 6.18. The minimum absolute atomic E-state index is 0.0796. The molecule has 0 unspecified atom stereocenters. The van der Waals surface area contributed by atoms with Gasteiger partial charge in [-0.2, -0.15) is 8.42 Å². The Morgan fingerprint density at radius 2 is 1.95 bits per heavy atom. The van der Waals surface area contributed by atoms with Crippen molar-refractivity contribution in [2.24, 2.45) is 0 Å². The van der Waals surface area contributed by atoms with Gasteiger partial charge in [0.15, 0.2) is 0 Å². The topological polar surface area (TPSA) is 83.9 Å². The van der Waals surface area contributed by atoms with Crippen molar-refractivity contribution < 1.29 is 26.9 Å². The van der Waals surface area contributed by atoms with E-state index in [2.05, 4.69) is 0 Å². The molecule has 20 heavy (non-hydrogen) atoms. The van der Waals surface area contributed by atoms with Crippen LogP contribution in [-0.2, 0) is 14.3 Å². The average Bonchev–Trinajstić information content (AvgIpc) is 2.71. The maximum atomic E-state index is 13.6. The third-order valence-corrected chi connectivity index (χ3v) is 4.38. The standard InChI is InChI=1S/C12H14FNO5S/c1-8-2-4-9(5-3-8)20(17,18)19-11-7-14(12(15)16)6-10(11)13/h2-5,10-11H,6-7H2,1H3,(H,15,16)/t10-,11-/m1/s1. The summed E-state index contributed by atoms with van der Waals surface area (Å²) in [5, 5.41) is 8.75. The number of amides is 1. The van der Waals surface area contributed by atoms with E-state index in [0.717, 1.165) is 10.5 Å². The van der Waals surface area contributed by atoms with Crippen molar-refractivity contribution in [1.29, 1.82) is 0 Å². The predicted molar refractivity (Wildman–Crippen MR) is 67.7 cm³/mol. The lowest BCUT2D eigenvalue weighted by Crippen LogP contribution is -2.29. The number of hydrogen-bond donors (Lipinski definition) is 1. The molecule has 0 bridgehead atoms. The summed E-state index contributed by atoms with van der Waals surface area (Å²) in [5.41, 5.74) is 0.880. The second kappa shape index (κ2) is 5.37. The zero-order chi connectivity index (χ0) is 14.9. The van der Waals surface area contributed by atoms with Crippen LogP contribution in [0.3, 0.4) is 0 Å². The third kappa shape index (κ3) is 3.07. The highest BCUT2D eigenvalue weighted by Gasteiger charge is 2.39. The van der Waals surface area contributed by atoms with E-state index >= 15 is 0 Å². The molecule has 110 valence electrons. The number of benzene rings is 1. The Morgan fingerprint density at radius 3 is 2.45 bits per heavy atom. The van der Waals surface area contributed by atoms with Crippen LogP contribution in [0.1, 0.15) is 5.56 Å². The van der Waals surface area contributed by atoms with Gasteiger partial charge in [-0.1, -0.05) is 17.7 Å². The lowest BCUT2D eigenvalue weighted by atomic mass is 10.2. The van der Waals surface area contributed by atoms with Crippen LogP contribution in [0.2, 0.25) is 0 Å². The third-order valence-electron chi connectivity index (χ3n) is 3.03. The molecule has 0 spiro atoms. The van der Waals surface area contributed by atoms with Gasteiger partial charge in [0.1, 0.15) is 12.3 Å². The van der Waals surface area contributed by atoms with Crippen molar-refractivity contribution in [3.05, 3.63) is 29.8 Å². The Balaban J connectivity index is 2.13. The van der Waals surface area contributed by atoms with Gasteiger partial charge in [0.2, 0.25) is 0 Å². The molecule has 0 aliphatic carbocycles. The van der Waals surface area contributed by atoms with Crippen molar-refractivity contribution in [2.45, 2.75) is 24.1 Å². The largest absolute Gasteiger partial charge is 0.465 e. The maximum absolute atomic E-state index is 13.6. The quantitative estimate of drug-likeness (QED) is 0.853. The number of carbonyl (C=O) groups is 1. The van der Waals surface area contributed by atoms with Crippen LogP contribution in [-0.4, -0.2) is 49.9 Å². The average molecular weight is 303 g/mol. The number of rotatable bonds is 3. The number of carboxylic acid groups (broad SMARTS) is 1. The van der Waals surface area contributed by atoms with E-state index in [0.29, 0.717) is 0 Å². The molecule has 1 fully saturated rings. The number of hydrogen-bond acceptors (Lipinski definition) is 4. The molecule has 1 aromatic rings. The molecule has 0 aromatic heterocycles. The summed E-state index contributed by atoms with van der Waals surface area (Å²) in [6.45, 7) is 1.11. The summed E-state index contributed by atoms with van der Waals surface area (Å²) in [5.74, 6) is 0. The molecule has 1 aliphatic rings. The van der Waals surface area contributed by atoms with Crippen molar-refractivity contribution in [3.63, 3.8) is 0 Å². The van der Waals surface area contributed by atoms with Crippen molar-refractivity contribution in [1.82, 2.24) is 4.90 Å². The van der Waals surface area contributed by atoms with Crippen LogP contribution >= 0.6 is 0 Å². The van der Waals surface area contributed by atoms with E-state index in [9.17, 15) is 17.6 Å². The van der Waals surface area contributed by atoms with Gasteiger partial charge in [-0.05, 0) is 19.1 Å². The number of nitrogens with zero attached hydrogens (tertiary/aromatic N) is 1. The van der Waals surface area contributed by atoms with E-state index in [-0.39, 0.29) is 18.0 Å². The molecule has 2 atom stereocenters. The fraction of sp³-hybridized carbons (Fsp3) is 0.417. The van der Waals surface area contributed by atoms with E-state index in [1.54, 1.807) is 19.1 Å². The first-order chi connectivity index (χ1) is 9.29. The first-order valence-electron chi connectivity index (χ1n) is 5.91. The summed E-state index contributed by atoms with van der Waals surface area (Å²) in [7, 11) is -4.10. The van der Waals surface area contributed by atoms with Crippen LogP contribution < -0.4 is 0 Å². The lowest BCUT2D eigenvalue weighted by Gasteiger charge is -2.13. The SMILES string of the molecule is Cc1ccc(S(=O)(=O)O[C@@H]2CN(C(=O)O)C[C@H]2F)cc1. The molecule has 8 heteroatoms. The highest BCUT2D eigenvalue weighted by molar-refractivity contribution is 7.86. The van der Waals surface area contributed by atoms with Crippen LogP contribution in [0.25, 0.3) is 0 Å². The van der Waals surface area contributed by atoms with Gasteiger partial charge in [0.05, 0.1) is 18.0 Å². The Hall–Kier alpha value is -1.67. The minimum Gasteiger partial charge on any atom is -0.465 e. The fourth-order valence-electron chi connectivity index (χ4n) is 1.90. The van der Waals surface area contributed by atoms with E-state index in [1.807, 2.05) is 0 Å². The summed E-state index contributed by atoms with van der Waals surface area (Å²) in [4.78, 5) is 11.4. The summed E-state index contributed by atoms with van der Waals surface area (Å²) >= 11 is 0. The van der Waals surface area contributed by atoms with Gasteiger partial charge in [-0.15, -0.1) is 0 Å². The highest BCUT2D eigenvalue weighted by atomic mass is 32.2. The van der Waals surface area contributed by atoms with Gasteiger partial charge < -0.3 is 10.0 Å². The highest BCUT2D eigenvalue weighted by Crippen LogP contribution is 2.22. The normalized spacial score (nSPS) is 23.0. The Morgan fingerprint density at radius 1 is 1.35 bits per heavy atom. The molecule has 1 amide bonds. The van der Waals surface area contributed by atoms with Crippen LogP contribution in [0, 0.1) is 6.92 Å².